The van der Waals surface area contributed by atoms with Gasteiger partial charge in [-0.05, 0) is 48.4 Å². The molecule has 1 aromatic heterocycles. The maximum atomic E-state index is 13.2. The lowest BCUT2D eigenvalue weighted by Crippen LogP contribution is -2.26. The lowest BCUT2D eigenvalue weighted by molar-refractivity contribution is 0.472. The highest BCUT2D eigenvalue weighted by atomic mass is 32.2. The summed E-state index contributed by atoms with van der Waals surface area (Å²) in [4.78, 5) is 0.228. The Morgan fingerprint density at radius 2 is 1.68 bits per heavy atom. The highest BCUT2D eigenvalue weighted by Gasteiger charge is 2.19. The summed E-state index contributed by atoms with van der Waals surface area (Å²) >= 11 is 0. The number of furan rings is 1. The molecule has 0 unspecified atom stereocenters. The third-order valence-electron chi connectivity index (χ3n) is 3.94. The quantitative estimate of drug-likeness (QED) is 0.696. The second-order valence-corrected chi connectivity index (χ2v) is 7.39. The first-order chi connectivity index (χ1) is 12.1. The van der Waals surface area contributed by atoms with E-state index < -0.39 is 10.0 Å². The molecule has 3 rings (SSSR count). The molecule has 1 heterocycles. The fraction of sp³-hybridized carbons (Fsp3) is 0.158. The van der Waals surface area contributed by atoms with Crippen molar-refractivity contribution in [3.63, 3.8) is 0 Å². The molecule has 0 aliphatic carbocycles. The van der Waals surface area contributed by atoms with Gasteiger partial charge in [0.25, 0.3) is 0 Å². The molecule has 0 fully saturated rings. The molecule has 6 heteroatoms. The van der Waals surface area contributed by atoms with Crippen molar-refractivity contribution in [2.75, 3.05) is 6.54 Å². The van der Waals surface area contributed by atoms with Gasteiger partial charge in [-0.2, -0.15) is 0 Å². The van der Waals surface area contributed by atoms with E-state index in [0.717, 1.165) is 5.56 Å². The van der Waals surface area contributed by atoms with E-state index >= 15 is 0 Å². The van der Waals surface area contributed by atoms with Crippen molar-refractivity contribution in [3.8, 4) is 0 Å². The third kappa shape index (κ3) is 4.35. The summed E-state index contributed by atoms with van der Waals surface area (Å²) in [6.07, 6.45) is 2.06. The minimum atomic E-state index is -3.55. The summed E-state index contributed by atoms with van der Waals surface area (Å²) in [5, 5.41) is 0. The Morgan fingerprint density at radius 1 is 0.960 bits per heavy atom. The van der Waals surface area contributed by atoms with Gasteiger partial charge in [0.1, 0.15) is 11.6 Å². The largest absolute Gasteiger partial charge is 0.469 e. The molecule has 25 heavy (non-hydrogen) atoms. The van der Waals surface area contributed by atoms with E-state index in [1.165, 1.54) is 12.1 Å². The first kappa shape index (κ1) is 17.4. The van der Waals surface area contributed by atoms with E-state index in [4.69, 9.17) is 4.42 Å². The maximum Gasteiger partial charge on any atom is 0.240 e. The van der Waals surface area contributed by atoms with E-state index in [9.17, 15) is 12.8 Å². The SMILES string of the molecule is O=S(=O)(NCC[C@@H](c1ccc(F)cc1)c1ccco1)c1ccccc1. The molecule has 3 aromatic rings. The Hall–Kier alpha value is -2.44. The molecule has 0 aliphatic rings. The Bertz CT molecular complexity index is 892. The Labute approximate surface area is 146 Å². The molecule has 0 saturated carbocycles. The number of hydrogen-bond acceptors (Lipinski definition) is 3. The second kappa shape index (κ2) is 7.63. The topological polar surface area (TPSA) is 59.3 Å². The monoisotopic (exact) mass is 359 g/mol. The van der Waals surface area contributed by atoms with E-state index in [-0.39, 0.29) is 23.2 Å². The Kier molecular flexibility index (Phi) is 5.31. The summed E-state index contributed by atoms with van der Waals surface area (Å²) in [7, 11) is -3.55. The predicted molar refractivity (Wildman–Crippen MR) is 93.2 cm³/mol. The molecule has 4 nitrogen and oxygen atoms in total. The van der Waals surface area contributed by atoms with Crippen LogP contribution in [0.2, 0.25) is 0 Å². The zero-order chi connectivity index (χ0) is 17.7. The van der Waals surface area contributed by atoms with Crippen molar-refractivity contribution < 1.29 is 17.2 Å². The number of hydrogen-bond donors (Lipinski definition) is 1. The van der Waals surface area contributed by atoms with Gasteiger partial charge in [0, 0.05) is 12.5 Å². The molecular weight excluding hydrogens is 341 g/mol. The van der Waals surface area contributed by atoms with Gasteiger partial charge in [-0.1, -0.05) is 30.3 Å². The van der Waals surface area contributed by atoms with E-state index in [2.05, 4.69) is 4.72 Å². The number of benzene rings is 2. The van der Waals surface area contributed by atoms with Crippen LogP contribution in [-0.2, 0) is 10.0 Å². The Balaban J connectivity index is 1.73. The first-order valence-corrected chi connectivity index (χ1v) is 9.38. The summed E-state index contributed by atoms with van der Waals surface area (Å²) in [5.74, 6) is 0.242. The normalized spacial score (nSPS) is 12.8. The van der Waals surface area contributed by atoms with Crippen LogP contribution in [0, 0.1) is 5.82 Å². The van der Waals surface area contributed by atoms with E-state index in [1.807, 2.05) is 6.07 Å². The van der Waals surface area contributed by atoms with Crippen LogP contribution in [-0.4, -0.2) is 15.0 Å². The molecular formula is C19H18FNO3S. The molecule has 0 radical (unpaired) electrons. The average molecular weight is 359 g/mol. The van der Waals surface area contributed by atoms with Gasteiger partial charge >= 0.3 is 0 Å². The van der Waals surface area contributed by atoms with Crippen molar-refractivity contribution in [1.29, 1.82) is 0 Å². The number of nitrogens with one attached hydrogen (secondary N) is 1. The van der Waals surface area contributed by atoms with Crippen LogP contribution in [0.5, 0.6) is 0 Å². The van der Waals surface area contributed by atoms with Crippen molar-refractivity contribution >= 4 is 10.0 Å². The standard InChI is InChI=1S/C19H18FNO3S/c20-16-10-8-15(9-11-16)18(19-7-4-14-24-19)12-13-21-25(22,23)17-5-2-1-3-6-17/h1-11,14,18,21H,12-13H2/t18-/m0/s1. The summed E-state index contributed by atoms with van der Waals surface area (Å²) in [6, 6.07) is 18.0. The zero-order valence-electron chi connectivity index (χ0n) is 13.4. The van der Waals surface area contributed by atoms with Crippen LogP contribution in [0.4, 0.5) is 4.39 Å². The molecule has 0 aliphatic heterocycles. The van der Waals surface area contributed by atoms with Crippen LogP contribution in [0.25, 0.3) is 0 Å². The molecule has 0 saturated heterocycles. The van der Waals surface area contributed by atoms with Crippen molar-refractivity contribution in [2.45, 2.75) is 17.2 Å². The predicted octanol–water partition coefficient (Wildman–Crippen LogP) is 3.92. The fourth-order valence-corrected chi connectivity index (χ4v) is 3.75. The van der Waals surface area contributed by atoms with E-state index in [1.54, 1.807) is 54.8 Å². The lowest BCUT2D eigenvalue weighted by Gasteiger charge is -2.16. The smallest absolute Gasteiger partial charge is 0.240 e. The van der Waals surface area contributed by atoms with Crippen LogP contribution in [0.3, 0.4) is 0 Å². The minimum absolute atomic E-state index is 0.158. The maximum absolute atomic E-state index is 13.2. The molecule has 0 spiro atoms. The fourth-order valence-electron chi connectivity index (χ4n) is 2.68. The van der Waals surface area contributed by atoms with E-state index in [0.29, 0.717) is 12.2 Å². The first-order valence-electron chi connectivity index (χ1n) is 7.90. The Morgan fingerprint density at radius 3 is 2.32 bits per heavy atom. The third-order valence-corrected chi connectivity index (χ3v) is 5.41. The van der Waals surface area contributed by atoms with Crippen molar-refractivity contribution in [2.24, 2.45) is 0 Å². The van der Waals surface area contributed by atoms with Gasteiger partial charge < -0.3 is 4.42 Å². The molecule has 1 atom stereocenters. The van der Waals surface area contributed by atoms with Crippen molar-refractivity contribution in [1.82, 2.24) is 4.72 Å². The molecule has 130 valence electrons. The van der Waals surface area contributed by atoms with Gasteiger partial charge in [-0.3, -0.25) is 0 Å². The molecule has 0 bridgehead atoms. The second-order valence-electron chi connectivity index (χ2n) is 5.62. The zero-order valence-corrected chi connectivity index (χ0v) is 14.2. The summed E-state index contributed by atoms with van der Waals surface area (Å²) in [6.45, 7) is 0.236. The molecule has 1 N–H and O–H groups in total. The molecule has 2 aromatic carbocycles. The number of rotatable bonds is 7. The van der Waals surface area contributed by atoms with Gasteiger partial charge in [0.05, 0.1) is 11.2 Å². The average Bonchev–Trinajstić information content (AvgIpc) is 3.15. The highest BCUT2D eigenvalue weighted by Crippen LogP contribution is 2.28. The van der Waals surface area contributed by atoms with Gasteiger partial charge in [-0.25, -0.2) is 17.5 Å². The van der Waals surface area contributed by atoms with Crippen LogP contribution in [0.1, 0.15) is 23.7 Å². The van der Waals surface area contributed by atoms with Crippen molar-refractivity contribution in [3.05, 3.63) is 90.1 Å². The van der Waals surface area contributed by atoms with Gasteiger partial charge in [0.2, 0.25) is 10.0 Å². The number of sulfonamides is 1. The number of halogens is 1. The van der Waals surface area contributed by atoms with Crippen LogP contribution >= 0.6 is 0 Å². The van der Waals surface area contributed by atoms with Crippen LogP contribution < -0.4 is 4.72 Å². The van der Waals surface area contributed by atoms with Crippen LogP contribution in [0.15, 0.2) is 82.3 Å². The lowest BCUT2D eigenvalue weighted by atomic mass is 9.93. The highest BCUT2D eigenvalue weighted by molar-refractivity contribution is 7.89. The summed E-state index contributed by atoms with van der Waals surface area (Å²) in [5.41, 5.74) is 0.871. The summed E-state index contributed by atoms with van der Waals surface area (Å²) < 4.78 is 45.8. The van der Waals surface area contributed by atoms with Gasteiger partial charge in [0.15, 0.2) is 0 Å². The molecule has 0 amide bonds. The minimum Gasteiger partial charge on any atom is -0.469 e. The van der Waals surface area contributed by atoms with Gasteiger partial charge in [-0.15, -0.1) is 0 Å².